The predicted molar refractivity (Wildman–Crippen MR) is 96.1 cm³/mol. The molecule has 23 heavy (non-hydrogen) atoms. The van der Waals surface area contributed by atoms with Gasteiger partial charge < -0.3 is 0 Å². The van der Waals surface area contributed by atoms with Crippen LogP contribution in [0.4, 0.5) is 5.69 Å². The lowest BCUT2D eigenvalue weighted by atomic mass is 10.1. The maximum Gasteiger partial charge on any atom is 0.261 e. The first-order chi connectivity index (χ1) is 10.9. The van der Waals surface area contributed by atoms with Crippen molar-refractivity contribution in [3.05, 3.63) is 71.8 Å². The third-order valence-corrected chi connectivity index (χ3v) is 4.83. The minimum Gasteiger partial charge on any atom is -0.279 e. The summed E-state index contributed by atoms with van der Waals surface area (Å²) in [5.74, 6) is 0.478. The van der Waals surface area contributed by atoms with E-state index in [-0.39, 0.29) is 4.90 Å². The number of aryl methyl sites for hydroxylation is 1. The van der Waals surface area contributed by atoms with Crippen LogP contribution in [0.5, 0.6) is 0 Å². The van der Waals surface area contributed by atoms with Crippen LogP contribution in [0.1, 0.15) is 25.0 Å². The molecule has 0 aliphatic heterocycles. The molecule has 0 atom stereocenters. The molecule has 0 saturated heterocycles. The van der Waals surface area contributed by atoms with Crippen LogP contribution in [0, 0.1) is 12.8 Å². The SMILES string of the molecule is Cc1ccc(S(=O)(=O)Nc2ccccc2C/C=C/C(C)C)cc1. The largest absolute Gasteiger partial charge is 0.279 e. The zero-order valence-electron chi connectivity index (χ0n) is 13.8. The first-order valence-corrected chi connectivity index (χ1v) is 9.21. The summed E-state index contributed by atoms with van der Waals surface area (Å²) >= 11 is 0. The Bertz CT molecular complexity index is 775. The van der Waals surface area contributed by atoms with E-state index in [1.807, 2.05) is 25.1 Å². The third kappa shape index (κ3) is 4.96. The van der Waals surface area contributed by atoms with Crippen LogP contribution in [0.15, 0.2) is 65.6 Å². The van der Waals surface area contributed by atoms with E-state index in [2.05, 4.69) is 30.7 Å². The fourth-order valence-corrected chi connectivity index (χ4v) is 3.29. The van der Waals surface area contributed by atoms with Gasteiger partial charge in [-0.1, -0.05) is 61.9 Å². The molecule has 3 nitrogen and oxygen atoms in total. The molecule has 0 radical (unpaired) electrons. The Hall–Kier alpha value is -2.07. The number of sulfonamides is 1. The van der Waals surface area contributed by atoms with Crippen molar-refractivity contribution in [3.63, 3.8) is 0 Å². The molecule has 0 heterocycles. The van der Waals surface area contributed by atoms with Crippen molar-refractivity contribution < 1.29 is 8.42 Å². The summed E-state index contributed by atoms with van der Waals surface area (Å²) in [5, 5.41) is 0. The van der Waals surface area contributed by atoms with E-state index in [0.29, 0.717) is 18.0 Å². The summed E-state index contributed by atoms with van der Waals surface area (Å²) in [6.07, 6.45) is 4.89. The quantitative estimate of drug-likeness (QED) is 0.790. The van der Waals surface area contributed by atoms with Gasteiger partial charge in [0.15, 0.2) is 0 Å². The van der Waals surface area contributed by atoms with E-state index in [1.165, 1.54) is 0 Å². The standard InChI is InChI=1S/C19H23NO2S/c1-15(2)7-6-9-17-8-4-5-10-19(17)20-23(21,22)18-13-11-16(3)12-14-18/h4-8,10-15,20H,9H2,1-3H3/b7-6+. The van der Waals surface area contributed by atoms with Gasteiger partial charge in [0.1, 0.15) is 0 Å². The van der Waals surface area contributed by atoms with Crippen LogP contribution < -0.4 is 4.72 Å². The fourth-order valence-electron chi connectivity index (χ4n) is 2.19. The number of hydrogen-bond donors (Lipinski definition) is 1. The molecule has 0 aliphatic carbocycles. The Balaban J connectivity index is 2.24. The van der Waals surface area contributed by atoms with Gasteiger partial charge in [-0.25, -0.2) is 8.42 Å². The maximum absolute atomic E-state index is 12.5. The Morgan fingerprint density at radius 1 is 1.04 bits per heavy atom. The van der Waals surface area contributed by atoms with Gasteiger partial charge in [0.2, 0.25) is 0 Å². The van der Waals surface area contributed by atoms with Crippen LogP contribution in [-0.4, -0.2) is 8.42 Å². The highest BCUT2D eigenvalue weighted by molar-refractivity contribution is 7.92. The molecule has 0 fully saturated rings. The molecule has 0 unspecified atom stereocenters. The highest BCUT2D eigenvalue weighted by Crippen LogP contribution is 2.21. The van der Waals surface area contributed by atoms with Gasteiger partial charge >= 0.3 is 0 Å². The highest BCUT2D eigenvalue weighted by atomic mass is 32.2. The average molecular weight is 329 g/mol. The molecule has 4 heteroatoms. The van der Waals surface area contributed by atoms with E-state index in [0.717, 1.165) is 11.1 Å². The second kappa shape index (κ2) is 7.47. The van der Waals surface area contributed by atoms with Gasteiger partial charge in [-0.15, -0.1) is 0 Å². The van der Waals surface area contributed by atoms with Gasteiger partial charge in [-0.3, -0.25) is 4.72 Å². The number of allylic oxidation sites excluding steroid dienone is 2. The van der Waals surface area contributed by atoms with Crippen LogP contribution in [0.2, 0.25) is 0 Å². The summed E-state index contributed by atoms with van der Waals surface area (Å²) in [6.45, 7) is 6.16. The average Bonchev–Trinajstić information content (AvgIpc) is 2.49. The zero-order chi connectivity index (χ0) is 16.9. The van der Waals surface area contributed by atoms with Crippen LogP contribution >= 0.6 is 0 Å². The molecule has 2 rings (SSSR count). The molecule has 0 amide bonds. The van der Waals surface area contributed by atoms with Crippen LogP contribution in [-0.2, 0) is 16.4 Å². The molecule has 0 spiro atoms. The number of rotatable bonds is 6. The summed E-state index contributed by atoms with van der Waals surface area (Å²) in [7, 11) is -3.57. The topological polar surface area (TPSA) is 46.2 Å². The Kier molecular flexibility index (Phi) is 5.61. The highest BCUT2D eigenvalue weighted by Gasteiger charge is 2.15. The third-order valence-electron chi connectivity index (χ3n) is 3.45. The van der Waals surface area contributed by atoms with E-state index in [9.17, 15) is 8.42 Å². The molecule has 0 saturated carbocycles. The monoisotopic (exact) mass is 329 g/mol. The van der Waals surface area contributed by atoms with E-state index >= 15 is 0 Å². The van der Waals surface area contributed by atoms with E-state index in [1.54, 1.807) is 30.3 Å². The Labute approximate surface area is 139 Å². The minimum absolute atomic E-state index is 0.274. The lowest BCUT2D eigenvalue weighted by molar-refractivity contribution is 0.601. The van der Waals surface area contributed by atoms with Crippen molar-refractivity contribution in [2.75, 3.05) is 4.72 Å². The predicted octanol–water partition coefficient (Wildman–Crippen LogP) is 4.55. The minimum atomic E-state index is -3.57. The van der Waals surface area contributed by atoms with Gasteiger partial charge in [-0.2, -0.15) is 0 Å². The molecular weight excluding hydrogens is 306 g/mol. The van der Waals surface area contributed by atoms with Crippen molar-refractivity contribution in [2.24, 2.45) is 5.92 Å². The van der Waals surface area contributed by atoms with Crippen molar-refractivity contribution in [3.8, 4) is 0 Å². The van der Waals surface area contributed by atoms with Gasteiger partial charge in [-0.05, 0) is 43.0 Å². The molecule has 2 aromatic rings. The lowest BCUT2D eigenvalue weighted by Crippen LogP contribution is -2.14. The molecule has 0 aromatic heterocycles. The molecule has 1 N–H and O–H groups in total. The number of nitrogens with one attached hydrogen (secondary N) is 1. The fraction of sp³-hybridized carbons (Fsp3) is 0.263. The van der Waals surface area contributed by atoms with Crippen molar-refractivity contribution >= 4 is 15.7 Å². The molecule has 0 bridgehead atoms. The Morgan fingerprint density at radius 2 is 1.70 bits per heavy atom. The molecular formula is C19H23NO2S. The second-order valence-corrected chi connectivity index (χ2v) is 7.63. The van der Waals surface area contributed by atoms with Crippen LogP contribution in [0.25, 0.3) is 0 Å². The van der Waals surface area contributed by atoms with Crippen LogP contribution in [0.3, 0.4) is 0 Å². The molecule has 0 aliphatic rings. The second-order valence-electron chi connectivity index (χ2n) is 5.95. The van der Waals surface area contributed by atoms with Crippen molar-refractivity contribution in [1.82, 2.24) is 0 Å². The first-order valence-electron chi connectivity index (χ1n) is 7.72. The molecule has 122 valence electrons. The summed E-state index contributed by atoms with van der Waals surface area (Å²) < 4.78 is 27.7. The summed E-state index contributed by atoms with van der Waals surface area (Å²) in [5.41, 5.74) is 2.62. The first kappa shape index (κ1) is 17.3. The van der Waals surface area contributed by atoms with Crippen molar-refractivity contribution in [2.45, 2.75) is 32.1 Å². The summed E-state index contributed by atoms with van der Waals surface area (Å²) in [6, 6.07) is 14.3. The van der Waals surface area contributed by atoms with Gasteiger partial charge in [0.05, 0.1) is 10.6 Å². The van der Waals surface area contributed by atoms with Gasteiger partial charge in [0.25, 0.3) is 10.0 Å². The van der Waals surface area contributed by atoms with Crippen molar-refractivity contribution in [1.29, 1.82) is 0 Å². The number of hydrogen-bond acceptors (Lipinski definition) is 2. The zero-order valence-corrected chi connectivity index (χ0v) is 14.6. The number of anilines is 1. The van der Waals surface area contributed by atoms with E-state index in [4.69, 9.17) is 0 Å². The normalized spacial score (nSPS) is 12.0. The van der Waals surface area contributed by atoms with Gasteiger partial charge in [0, 0.05) is 0 Å². The lowest BCUT2D eigenvalue weighted by Gasteiger charge is -2.12. The number of benzene rings is 2. The summed E-state index contributed by atoms with van der Waals surface area (Å²) in [4.78, 5) is 0.274. The molecule has 2 aromatic carbocycles. The number of para-hydroxylation sites is 1. The smallest absolute Gasteiger partial charge is 0.261 e. The maximum atomic E-state index is 12.5. The Morgan fingerprint density at radius 3 is 2.35 bits per heavy atom. The van der Waals surface area contributed by atoms with E-state index < -0.39 is 10.0 Å².